The Kier molecular flexibility index (Phi) is 5.37. The van der Waals surface area contributed by atoms with Gasteiger partial charge in [-0.15, -0.1) is 36.2 Å². The number of halogens is 2. The van der Waals surface area contributed by atoms with E-state index in [-0.39, 0.29) is 30.7 Å². The van der Waals surface area contributed by atoms with Crippen LogP contribution < -0.4 is 5.32 Å². The normalized spacial score (nSPS) is 19.9. The van der Waals surface area contributed by atoms with E-state index in [1.807, 2.05) is 14.7 Å². The van der Waals surface area contributed by atoms with Crippen LogP contribution in [0.25, 0.3) is 4.83 Å². The Labute approximate surface area is 145 Å². The summed E-state index contributed by atoms with van der Waals surface area (Å²) in [6, 6.07) is 0. The maximum Gasteiger partial charge on any atom is 0.271 e. The van der Waals surface area contributed by atoms with Crippen LogP contribution in [0.4, 0.5) is 0 Å². The van der Waals surface area contributed by atoms with Gasteiger partial charge in [-0.05, 0) is 31.2 Å². The van der Waals surface area contributed by atoms with Gasteiger partial charge in [0.25, 0.3) is 5.91 Å². The van der Waals surface area contributed by atoms with Crippen molar-refractivity contribution < 1.29 is 4.79 Å². The summed E-state index contributed by atoms with van der Waals surface area (Å²) in [6.45, 7) is 4.02. The molecule has 0 aromatic carbocycles. The third-order valence-corrected chi connectivity index (χ3v) is 5.70. The van der Waals surface area contributed by atoms with Crippen LogP contribution >= 0.6 is 36.2 Å². The molecule has 0 saturated carbocycles. The van der Waals surface area contributed by atoms with Gasteiger partial charge in [0.1, 0.15) is 16.9 Å². The number of aromatic nitrogens is 2. The van der Waals surface area contributed by atoms with Gasteiger partial charge in [0.2, 0.25) is 0 Å². The number of hydrogen-bond donors (Lipinski definition) is 1. The van der Waals surface area contributed by atoms with Gasteiger partial charge in [-0.1, -0.05) is 0 Å². The molecule has 2 saturated heterocycles. The van der Waals surface area contributed by atoms with E-state index in [0.717, 1.165) is 49.5 Å². The summed E-state index contributed by atoms with van der Waals surface area (Å²) in [7, 11) is 0. The number of nitrogens with zero attached hydrogens (tertiary/aromatic N) is 3. The van der Waals surface area contributed by atoms with Crippen molar-refractivity contribution in [3.63, 3.8) is 0 Å². The highest BCUT2D eigenvalue weighted by Crippen LogP contribution is 2.37. The van der Waals surface area contributed by atoms with Crippen molar-refractivity contribution in [2.75, 3.05) is 26.2 Å². The molecule has 1 N–H and O–H groups in total. The molecule has 122 valence electrons. The third-order valence-electron chi connectivity index (χ3n) is 4.82. The van der Waals surface area contributed by atoms with E-state index < -0.39 is 0 Å². The molecule has 8 heteroatoms. The molecule has 2 aromatic rings. The van der Waals surface area contributed by atoms with Gasteiger partial charge in [-0.3, -0.25) is 9.20 Å². The number of piperidine rings is 1. The number of hydrogen-bond acceptors (Lipinski definition) is 4. The third kappa shape index (κ3) is 2.85. The van der Waals surface area contributed by atoms with Gasteiger partial charge < -0.3 is 10.2 Å². The van der Waals surface area contributed by atoms with Crippen LogP contribution in [0.3, 0.4) is 0 Å². The molecule has 0 radical (unpaired) electrons. The Bertz CT molecular complexity index is 640. The molecule has 2 fully saturated rings. The van der Waals surface area contributed by atoms with Gasteiger partial charge in [0.05, 0.1) is 6.20 Å². The molecular weight excluding hydrogens is 343 g/mol. The smallest absolute Gasteiger partial charge is 0.271 e. The van der Waals surface area contributed by atoms with Crippen LogP contribution in [0, 0.1) is 5.41 Å². The van der Waals surface area contributed by atoms with Crippen molar-refractivity contribution >= 4 is 46.9 Å². The average molecular weight is 363 g/mol. The van der Waals surface area contributed by atoms with Crippen molar-refractivity contribution in [2.24, 2.45) is 5.41 Å². The SMILES string of the molecule is Cl.Cl.O=C(c1csc2cncn12)N1CCC2(CCNC2)CC1. The zero-order valence-corrected chi connectivity index (χ0v) is 14.6. The Morgan fingerprint density at radius 3 is 2.73 bits per heavy atom. The molecule has 0 aliphatic carbocycles. The molecule has 4 rings (SSSR count). The summed E-state index contributed by atoms with van der Waals surface area (Å²) in [5.41, 5.74) is 1.21. The first-order chi connectivity index (χ1) is 9.77. The minimum Gasteiger partial charge on any atom is -0.337 e. The number of nitrogens with one attached hydrogen (secondary N) is 1. The van der Waals surface area contributed by atoms with Gasteiger partial charge >= 0.3 is 0 Å². The van der Waals surface area contributed by atoms with Crippen LogP contribution in [0.15, 0.2) is 17.9 Å². The summed E-state index contributed by atoms with van der Waals surface area (Å²) >= 11 is 1.57. The zero-order chi connectivity index (χ0) is 13.6. The lowest BCUT2D eigenvalue weighted by Crippen LogP contribution is -2.44. The van der Waals surface area contributed by atoms with Crippen LogP contribution in [0.2, 0.25) is 0 Å². The average Bonchev–Trinajstić information content (AvgIpc) is 3.15. The summed E-state index contributed by atoms with van der Waals surface area (Å²) in [4.78, 5) is 19.8. The van der Waals surface area contributed by atoms with E-state index in [9.17, 15) is 4.79 Å². The fourth-order valence-corrected chi connectivity index (χ4v) is 4.27. The van der Waals surface area contributed by atoms with E-state index in [1.165, 1.54) is 6.42 Å². The van der Waals surface area contributed by atoms with Crippen LogP contribution in [-0.4, -0.2) is 46.4 Å². The summed E-state index contributed by atoms with van der Waals surface area (Å²) in [6.07, 6.45) is 7.05. The lowest BCUT2D eigenvalue weighted by Gasteiger charge is -2.38. The quantitative estimate of drug-likeness (QED) is 0.847. The zero-order valence-electron chi connectivity index (χ0n) is 12.2. The molecule has 2 aliphatic rings. The number of imidazole rings is 1. The number of carbonyl (C=O) groups is 1. The molecule has 2 aromatic heterocycles. The maximum absolute atomic E-state index is 12.6. The highest BCUT2D eigenvalue weighted by atomic mass is 35.5. The van der Waals surface area contributed by atoms with Crippen LogP contribution in [0.1, 0.15) is 29.8 Å². The minimum absolute atomic E-state index is 0. The standard InChI is InChI=1S/C14H18N4OS.2ClH/c19-13(11-8-20-12-7-16-10-18(11)12)17-5-2-14(3-6-17)1-4-15-9-14;;/h7-8,10,15H,1-6,9H2;2*1H. The van der Waals surface area contributed by atoms with Gasteiger partial charge in [-0.2, -0.15) is 0 Å². The first-order valence-corrected chi connectivity index (χ1v) is 8.05. The minimum atomic E-state index is 0. The second-order valence-electron chi connectivity index (χ2n) is 5.94. The molecule has 4 heterocycles. The second kappa shape index (κ2) is 6.74. The molecule has 5 nitrogen and oxygen atoms in total. The van der Waals surface area contributed by atoms with Crippen molar-refractivity contribution in [1.82, 2.24) is 19.6 Å². The van der Waals surface area contributed by atoms with Crippen molar-refractivity contribution in [3.8, 4) is 0 Å². The number of thiazole rings is 1. The summed E-state index contributed by atoms with van der Waals surface area (Å²) in [5.74, 6) is 0.148. The monoisotopic (exact) mass is 362 g/mol. The fourth-order valence-electron chi connectivity index (χ4n) is 3.45. The highest BCUT2D eigenvalue weighted by molar-refractivity contribution is 7.15. The van der Waals surface area contributed by atoms with E-state index >= 15 is 0 Å². The maximum atomic E-state index is 12.6. The molecule has 22 heavy (non-hydrogen) atoms. The van der Waals surface area contributed by atoms with E-state index in [2.05, 4.69) is 10.3 Å². The number of rotatable bonds is 1. The predicted molar refractivity (Wildman–Crippen MR) is 92.6 cm³/mol. The summed E-state index contributed by atoms with van der Waals surface area (Å²) < 4.78 is 1.90. The Balaban J connectivity index is 0.000000882. The second-order valence-corrected chi connectivity index (χ2v) is 6.83. The first-order valence-electron chi connectivity index (χ1n) is 7.17. The highest BCUT2D eigenvalue weighted by Gasteiger charge is 2.38. The Morgan fingerprint density at radius 2 is 2.05 bits per heavy atom. The lowest BCUT2D eigenvalue weighted by atomic mass is 9.78. The predicted octanol–water partition coefficient (Wildman–Crippen LogP) is 2.46. The van der Waals surface area contributed by atoms with Crippen molar-refractivity contribution in [3.05, 3.63) is 23.6 Å². The molecule has 1 amide bonds. The van der Waals surface area contributed by atoms with E-state index in [4.69, 9.17) is 0 Å². The van der Waals surface area contributed by atoms with Crippen molar-refractivity contribution in [1.29, 1.82) is 0 Å². The lowest BCUT2D eigenvalue weighted by molar-refractivity contribution is 0.0601. The molecule has 2 aliphatic heterocycles. The largest absolute Gasteiger partial charge is 0.337 e. The van der Waals surface area contributed by atoms with Crippen molar-refractivity contribution in [2.45, 2.75) is 19.3 Å². The Morgan fingerprint density at radius 1 is 1.27 bits per heavy atom. The van der Waals surface area contributed by atoms with Gasteiger partial charge in [0.15, 0.2) is 0 Å². The number of carbonyl (C=O) groups excluding carboxylic acids is 1. The molecular formula is C14H20Cl2N4OS. The van der Waals surface area contributed by atoms with Crippen LogP contribution in [-0.2, 0) is 0 Å². The van der Waals surface area contributed by atoms with E-state index in [1.54, 1.807) is 23.9 Å². The first kappa shape index (κ1) is 17.5. The molecule has 0 bridgehead atoms. The number of likely N-dealkylation sites (tertiary alicyclic amines) is 1. The molecule has 1 spiro atoms. The number of fused-ring (bicyclic) bond motifs is 1. The van der Waals surface area contributed by atoms with E-state index in [0.29, 0.717) is 5.41 Å². The fraction of sp³-hybridized carbons (Fsp3) is 0.571. The van der Waals surface area contributed by atoms with Gasteiger partial charge in [0, 0.05) is 25.0 Å². The Hall–Kier alpha value is -0.820. The molecule has 0 unspecified atom stereocenters. The number of amides is 1. The van der Waals surface area contributed by atoms with Gasteiger partial charge in [-0.25, -0.2) is 4.98 Å². The topological polar surface area (TPSA) is 49.6 Å². The van der Waals surface area contributed by atoms with Crippen LogP contribution in [0.5, 0.6) is 0 Å². The summed E-state index contributed by atoms with van der Waals surface area (Å²) in [5, 5.41) is 5.41. The molecule has 0 atom stereocenters.